The van der Waals surface area contributed by atoms with Crippen LogP contribution in [0.5, 0.6) is 0 Å². The van der Waals surface area contributed by atoms with Crippen LogP contribution in [0.4, 0.5) is 0 Å². The molecule has 0 unspecified atom stereocenters. The summed E-state index contributed by atoms with van der Waals surface area (Å²) in [4.78, 5) is 11.8. The van der Waals surface area contributed by atoms with Crippen LogP contribution in [0.2, 0.25) is 0 Å². The zero-order valence-electron chi connectivity index (χ0n) is 9.02. The molecular formula is C13H14N2O. The molecule has 0 bridgehead atoms. The molecule has 0 atom stereocenters. The minimum atomic E-state index is -0.0201. The maximum Gasteiger partial charge on any atom is 0.251 e. The molecular weight excluding hydrogens is 200 g/mol. The lowest BCUT2D eigenvalue weighted by atomic mass is 10.2. The van der Waals surface area contributed by atoms with Crippen LogP contribution in [0.25, 0.3) is 10.9 Å². The van der Waals surface area contributed by atoms with Crippen LogP contribution >= 0.6 is 0 Å². The van der Waals surface area contributed by atoms with E-state index in [4.69, 9.17) is 5.73 Å². The van der Waals surface area contributed by atoms with E-state index in [9.17, 15) is 4.79 Å². The number of nitrogens with two attached hydrogens (primary N) is 1. The molecule has 0 aliphatic carbocycles. The molecule has 0 spiro atoms. The molecule has 1 aromatic heterocycles. The van der Waals surface area contributed by atoms with Gasteiger partial charge in [0.25, 0.3) is 5.56 Å². The lowest BCUT2D eigenvalue weighted by molar-refractivity contribution is 0.767. The van der Waals surface area contributed by atoms with Crippen molar-refractivity contribution in [1.29, 1.82) is 0 Å². The second kappa shape index (κ2) is 4.33. The highest BCUT2D eigenvalue weighted by Gasteiger charge is 2.02. The number of benzene rings is 1. The lowest BCUT2D eigenvalue weighted by Gasteiger charge is -2.10. The van der Waals surface area contributed by atoms with Crippen LogP contribution in [0.1, 0.15) is 0 Å². The summed E-state index contributed by atoms with van der Waals surface area (Å²) in [6, 6.07) is 11.2. The van der Waals surface area contributed by atoms with Gasteiger partial charge in [-0.25, -0.2) is 0 Å². The zero-order valence-corrected chi connectivity index (χ0v) is 9.02. The molecule has 0 saturated heterocycles. The van der Waals surface area contributed by atoms with Gasteiger partial charge in [0.05, 0.1) is 5.52 Å². The number of nitrogens with zero attached hydrogens (tertiary/aromatic N) is 1. The third kappa shape index (κ3) is 1.90. The van der Waals surface area contributed by atoms with Gasteiger partial charge in [-0.15, -0.1) is 0 Å². The Hall–Kier alpha value is -1.87. The van der Waals surface area contributed by atoms with Crippen LogP contribution in [-0.4, -0.2) is 11.1 Å². The summed E-state index contributed by atoms with van der Waals surface area (Å²) in [5.74, 6) is 0. The van der Waals surface area contributed by atoms with E-state index in [2.05, 4.69) is 6.58 Å². The molecule has 0 radical (unpaired) electrons. The first-order chi connectivity index (χ1) is 7.72. The van der Waals surface area contributed by atoms with Gasteiger partial charge in [-0.2, -0.15) is 0 Å². The summed E-state index contributed by atoms with van der Waals surface area (Å²) in [5, 5.41) is 1.05. The maximum absolute atomic E-state index is 11.8. The van der Waals surface area contributed by atoms with Gasteiger partial charge in [0.15, 0.2) is 0 Å². The quantitative estimate of drug-likeness (QED) is 0.787. The number of pyridine rings is 1. The van der Waals surface area contributed by atoms with Crippen molar-refractivity contribution in [3.05, 3.63) is 58.9 Å². The minimum absolute atomic E-state index is 0.0201. The molecule has 16 heavy (non-hydrogen) atoms. The Morgan fingerprint density at radius 3 is 2.75 bits per heavy atom. The van der Waals surface area contributed by atoms with Gasteiger partial charge in [-0.3, -0.25) is 4.79 Å². The fourth-order valence-electron chi connectivity index (χ4n) is 1.70. The number of fused-ring (bicyclic) bond motifs is 1. The van der Waals surface area contributed by atoms with E-state index in [0.29, 0.717) is 13.1 Å². The molecule has 3 nitrogen and oxygen atoms in total. The normalized spacial score (nSPS) is 10.6. The summed E-state index contributed by atoms with van der Waals surface area (Å²) >= 11 is 0. The Balaban J connectivity index is 2.61. The number of hydrogen-bond acceptors (Lipinski definition) is 2. The molecule has 0 aliphatic rings. The topological polar surface area (TPSA) is 48.0 Å². The third-order valence-electron chi connectivity index (χ3n) is 2.57. The van der Waals surface area contributed by atoms with Gasteiger partial charge < -0.3 is 10.3 Å². The van der Waals surface area contributed by atoms with Crippen molar-refractivity contribution in [2.24, 2.45) is 5.73 Å². The predicted octanol–water partition coefficient (Wildman–Crippen LogP) is 1.52. The van der Waals surface area contributed by atoms with Crippen LogP contribution in [0.3, 0.4) is 0 Å². The number of rotatable bonds is 3. The summed E-state index contributed by atoms with van der Waals surface area (Å²) in [6.45, 7) is 4.71. The number of aromatic nitrogens is 1. The monoisotopic (exact) mass is 214 g/mol. The van der Waals surface area contributed by atoms with Crippen molar-refractivity contribution in [1.82, 2.24) is 4.57 Å². The summed E-state index contributed by atoms with van der Waals surface area (Å²) < 4.78 is 1.70. The molecule has 0 fully saturated rings. The van der Waals surface area contributed by atoms with Crippen molar-refractivity contribution in [3.63, 3.8) is 0 Å². The van der Waals surface area contributed by atoms with Gasteiger partial charge in [-0.1, -0.05) is 24.8 Å². The van der Waals surface area contributed by atoms with Crippen molar-refractivity contribution in [3.8, 4) is 0 Å². The average molecular weight is 214 g/mol. The third-order valence-corrected chi connectivity index (χ3v) is 2.57. The van der Waals surface area contributed by atoms with Crippen LogP contribution in [0, 0.1) is 0 Å². The molecule has 1 aromatic carbocycles. The van der Waals surface area contributed by atoms with E-state index in [-0.39, 0.29) is 5.56 Å². The van der Waals surface area contributed by atoms with E-state index in [0.717, 1.165) is 16.5 Å². The van der Waals surface area contributed by atoms with E-state index in [1.807, 2.05) is 30.3 Å². The molecule has 2 aromatic rings. The first-order valence-electron chi connectivity index (χ1n) is 5.17. The van der Waals surface area contributed by atoms with E-state index >= 15 is 0 Å². The van der Waals surface area contributed by atoms with Crippen molar-refractivity contribution < 1.29 is 0 Å². The lowest BCUT2D eigenvalue weighted by Crippen LogP contribution is -2.22. The van der Waals surface area contributed by atoms with Gasteiger partial charge in [0.1, 0.15) is 0 Å². The van der Waals surface area contributed by atoms with E-state index < -0.39 is 0 Å². The Morgan fingerprint density at radius 2 is 2.00 bits per heavy atom. The van der Waals surface area contributed by atoms with E-state index in [1.165, 1.54) is 0 Å². The molecule has 2 N–H and O–H groups in total. The fraction of sp³-hybridized carbons (Fsp3) is 0.154. The average Bonchev–Trinajstić information content (AvgIpc) is 2.32. The smallest absolute Gasteiger partial charge is 0.251 e. The Kier molecular flexibility index (Phi) is 2.88. The number of para-hydroxylation sites is 1. The second-order valence-electron chi connectivity index (χ2n) is 3.77. The van der Waals surface area contributed by atoms with Gasteiger partial charge in [-0.05, 0) is 23.1 Å². The zero-order chi connectivity index (χ0) is 11.5. The first-order valence-corrected chi connectivity index (χ1v) is 5.17. The van der Waals surface area contributed by atoms with Gasteiger partial charge in [0.2, 0.25) is 0 Å². The SMILES string of the molecule is C=C(CN)Cn1c(=O)ccc2ccccc21. The van der Waals surface area contributed by atoms with Gasteiger partial charge >= 0.3 is 0 Å². The summed E-state index contributed by atoms with van der Waals surface area (Å²) in [6.07, 6.45) is 0. The molecule has 2 rings (SSSR count). The molecule has 0 amide bonds. The largest absolute Gasteiger partial charge is 0.327 e. The summed E-state index contributed by atoms with van der Waals surface area (Å²) in [5.41, 5.74) is 7.25. The van der Waals surface area contributed by atoms with Gasteiger partial charge in [0, 0.05) is 19.2 Å². The highest BCUT2D eigenvalue weighted by atomic mass is 16.1. The van der Waals surface area contributed by atoms with Crippen molar-refractivity contribution >= 4 is 10.9 Å². The van der Waals surface area contributed by atoms with E-state index in [1.54, 1.807) is 10.6 Å². The first kappa shape index (κ1) is 10.6. The highest BCUT2D eigenvalue weighted by Crippen LogP contribution is 2.11. The Morgan fingerprint density at radius 1 is 1.25 bits per heavy atom. The number of hydrogen-bond donors (Lipinski definition) is 1. The minimum Gasteiger partial charge on any atom is -0.327 e. The molecule has 1 heterocycles. The molecule has 82 valence electrons. The predicted molar refractivity (Wildman–Crippen MR) is 66.4 cm³/mol. The Labute approximate surface area is 93.8 Å². The molecule has 0 aliphatic heterocycles. The van der Waals surface area contributed by atoms with Crippen LogP contribution in [-0.2, 0) is 6.54 Å². The van der Waals surface area contributed by atoms with Crippen molar-refractivity contribution in [2.45, 2.75) is 6.54 Å². The Bertz CT molecular complexity index is 584. The van der Waals surface area contributed by atoms with Crippen LogP contribution in [0.15, 0.2) is 53.3 Å². The highest BCUT2D eigenvalue weighted by molar-refractivity contribution is 5.78. The maximum atomic E-state index is 11.8. The molecule has 3 heteroatoms. The summed E-state index contributed by atoms with van der Waals surface area (Å²) in [7, 11) is 0. The second-order valence-corrected chi connectivity index (χ2v) is 3.77. The van der Waals surface area contributed by atoms with Crippen molar-refractivity contribution in [2.75, 3.05) is 6.54 Å². The standard InChI is InChI=1S/C13H14N2O/c1-10(8-14)9-15-12-5-3-2-4-11(12)6-7-13(15)16/h2-7H,1,8-9,14H2. The molecule has 0 saturated carbocycles. The van der Waals surface area contributed by atoms with Crippen LogP contribution < -0.4 is 11.3 Å². The fourth-order valence-corrected chi connectivity index (χ4v) is 1.70.